The van der Waals surface area contributed by atoms with Crippen molar-refractivity contribution in [3.63, 3.8) is 0 Å². The summed E-state index contributed by atoms with van der Waals surface area (Å²) in [6, 6.07) is 3.57. The first kappa shape index (κ1) is 12.6. The van der Waals surface area contributed by atoms with E-state index < -0.39 is 0 Å². The predicted octanol–water partition coefficient (Wildman–Crippen LogP) is 1.41. The molecule has 2 N–H and O–H groups in total. The molecule has 0 fully saturated rings. The molecule has 0 unspecified atom stereocenters. The lowest BCUT2D eigenvalue weighted by atomic mass is 10.2. The number of carbonyl (C=O) groups excluding carboxylic acids is 1. The molecule has 0 bridgehead atoms. The fraction of sp³-hybridized carbons (Fsp3) is 0.500. The van der Waals surface area contributed by atoms with Crippen molar-refractivity contribution >= 4 is 5.91 Å². The number of unbranched alkanes of at least 4 members (excludes halogenated alkanes) is 1. The van der Waals surface area contributed by atoms with Crippen LogP contribution in [-0.2, 0) is 6.54 Å². The number of nitrogens with two attached hydrogens (primary N) is 1. The molecule has 4 nitrogen and oxygen atoms in total. The van der Waals surface area contributed by atoms with Crippen molar-refractivity contribution < 1.29 is 4.79 Å². The van der Waals surface area contributed by atoms with Gasteiger partial charge in [0.15, 0.2) is 0 Å². The molecule has 0 aliphatic rings. The molecule has 4 heteroatoms. The summed E-state index contributed by atoms with van der Waals surface area (Å²) in [4.78, 5) is 17.7. The molecule has 1 amide bonds. The average molecular weight is 221 g/mol. The maximum atomic E-state index is 11.9. The summed E-state index contributed by atoms with van der Waals surface area (Å²) in [5, 5.41) is 0. The van der Waals surface area contributed by atoms with Crippen LogP contribution in [0.3, 0.4) is 0 Å². The van der Waals surface area contributed by atoms with Gasteiger partial charge in [-0.3, -0.25) is 9.78 Å². The summed E-state index contributed by atoms with van der Waals surface area (Å²) in [5.41, 5.74) is 6.89. The van der Waals surface area contributed by atoms with Gasteiger partial charge < -0.3 is 10.6 Å². The Balaban J connectivity index is 2.64. The van der Waals surface area contributed by atoms with Crippen LogP contribution in [0.4, 0.5) is 0 Å². The van der Waals surface area contributed by atoms with Gasteiger partial charge in [0.25, 0.3) is 5.91 Å². The van der Waals surface area contributed by atoms with Gasteiger partial charge in [0.1, 0.15) is 5.69 Å². The molecular formula is C12H19N3O. The van der Waals surface area contributed by atoms with Crippen molar-refractivity contribution in [3.05, 3.63) is 29.6 Å². The second-order valence-electron chi connectivity index (χ2n) is 3.84. The highest BCUT2D eigenvalue weighted by Gasteiger charge is 2.11. The molecular weight excluding hydrogens is 202 g/mol. The first-order valence-corrected chi connectivity index (χ1v) is 5.59. The second-order valence-corrected chi connectivity index (χ2v) is 3.84. The van der Waals surface area contributed by atoms with Crippen molar-refractivity contribution in [1.29, 1.82) is 0 Å². The van der Waals surface area contributed by atoms with Crippen LogP contribution in [0.25, 0.3) is 0 Å². The number of pyridine rings is 1. The molecule has 88 valence electrons. The maximum Gasteiger partial charge on any atom is 0.272 e. The zero-order chi connectivity index (χ0) is 12.0. The first-order chi connectivity index (χ1) is 7.69. The van der Waals surface area contributed by atoms with E-state index in [4.69, 9.17) is 5.73 Å². The summed E-state index contributed by atoms with van der Waals surface area (Å²) >= 11 is 0. The van der Waals surface area contributed by atoms with Gasteiger partial charge in [0, 0.05) is 26.3 Å². The number of hydrogen-bond donors (Lipinski definition) is 1. The normalized spacial score (nSPS) is 10.2. The molecule has 0 saturated heterocycles. The van der Waals surface area contributed by atoms with E-state index in [0.29, 0.717) is 12.2 Å². The standard InChI is InChI=1S/C12H19N3O/c1-3-4-7-15(2)12(16)11-6-5-10(8-13)9-14-11/h5-6,9H,3-4,7-8,13H2,1-2H3. The van der Waals surface area contributed by atoms with Gasteiger partial charge >= 0.3 is 0 Å². The highest BCUT2D eigenvalue weighted by atomic mass is 16.2. The first-order valence-electron chi connectivity index (χ1n) is 5.59. The van der Waals surface area contributed by atoms with Gasteiger partial charge in [0.2, 0.25) is 0 Å². The Morgan fingerprint density at radius 1 is 1.50 bits per heavy atom. The van der Waals surface area contributed by atoms with E-state index in [9.17, 15) is 4.79 Å². The van der Waals surface area contributed by atoms with Crippen LogP contribution in [0, 0.1) is 0 Å². The quantitative estimate of drug-likeness (QED) is 0.818. The molecule has 0 spiro atoms. The summed E-state index contributed by atoms with van der Waals surface area (Å²) in [7, 11) is 1.80. The van der Waals surface area contributed by atoms with Crippen LogP contribution in [0.2, 0.25) is 0 Å². The van der Waals surface area contributed by atoms with E-state index in [1.54, 1.807) is 24.2 Å². The number of rotatable bonds is 5. The third-order valence-corrected chi connectivity index (χ3v) is 2.47. The van der Waals surface area contributed by atoms with Gasteiger partial charge in [0.05, 0.1) is 0 Å². The molecule has 1 heterocycles. The molecule has 0 aromatic carbocycles. The van der Waals surface area contributed by atoms with E-state index in [1.807, 2.05) is 6.07 Å². The van der Waals surface area contributed by atoms with Crippen molar-refractivity contribution in [2.24, 2.45) is 5.73 Å². The SMILES string of the molecule is CCCCN(C)C(=O)c1ccc(CN)cn1. The summed E-state index contributed by atoms with van der Waals surface area (Å²) in [6.45, 7) is 3.33. The highest BCUT2D eigenvalue weighted by molar-refractivity contribution is 5.92. The number of hydrogen-bond acceptors (Lipinski definition) is 3. The van der Waals surface area contributed by atoms with Crippen LogP contribution in [-0.4, -0.2) is 29.4 Å². The third-order valence-electron chi connectivity index (χ3n) is 2.47. The van der Waals surface area contributed by atoms with Crippen molar-refractivity contribution in [1.82, 2.24) is 9.88 Å². The summed E-state index contributed by atoms with van der Waals surface area (Å²) < 4.78 is 0. The lowest BCUT2D eigenvalue weighted by molar-refractivity contribution is 0.0787. The number of carbonyl (C=O) groups is 1. The minimum atomic E-state index is -0.0305. The summed E-state index contributed by atoms with van der Waals surface area (Å²) in [5.74, 6) is -0.0305. The van der Waals surface area contributed by atoms with Crippen molar-refractivity contribution in [2.45, 2.75) is 26.3 Å². The van der Waals surface area contributed by atoms with Gasteiger partial charge in [-0.05, 0) is 18.1 Å². The van der Waals surface area contributed by atoms with Crippen LogP contribution in [0.15, 0.2) is 18.3 Å². The van der Waals surface area contributed by atoms with Gasteiger partial charge in [-0.1, -0.05) is 19.4 Å². The van der Waals surface area contributed by atoms with Gasteiger partial charge in [-0.15, -0.1) is 0 Å². The fourth-order valence-electron chi connectivity index (χ4n) is 1.36. The molecule has 0 radical (unpaired) electrons. The predicted molar refractivity (Wildman–Crippen MR) is 64.0 cm³/mol. The number of aromatic nitrogens is 1. The van der Waals surface area contributed by atoms with Crippen LogP contribution < -0.4 is 5.73 Å². The van der Waals surface area contributed by atoms with E-state index in [1.165, 1.54) is 0 Å². The van der Waals surface area contributed by atoms with E-state index in [-0.39, 0.29) is 5.91 Å². The minimum absolute atomic E-state index is 0.0305. The molecule has 1 rings (SSSR count). The minimum Gasteiger partial charge on any atom is -0.340 e. The summed E-state index contributed by atoms with van der Waals surface area (Å²) in [6.07, 6.45) is 3.75. The topological polar surface area (TPSA) is 59.2 Å². The average Bonchev–Trinajstić information content (AvgIpc) is 2.35. The van der Waals surface area contributed by atoms with Gasteiger partial charge in [-0.2, -0.15) is 0 Å². The maximum absolute atomic E-state index is 11.9. The van der Waals surface area contributed by atoms with E-state index >= 15 is 0 Å². The molecule has 0 aliphatic carbocycles. The smallest absolute Gasteiger partial charge is 0.272 e. The Bertz CT molecular complexity index is 335. The monoisotopic (exact) mass is 221 g/mol. The second kappa shape index (κ2) is 6.23. The van der Waals surface area contributed by atoms with Crippen LogP contribution >= 0.6 is 0 Å². The Morgan fingerprint density at radius 2 is 2.25 bits per heavy atom. The Morgan fingerprint density at radius 3 is 2.75 bits per heavy atom. The zero-order valence-corrected chi connectivity index (χ0v) is 9.94. The number of nitrogens with zero attached hydrogens (tertiary/aromatic N) is 2. The van der Waals surface area contributed by atoms with E-state index in [2.05, 4.69) is 11.9 Å². The molecule has 16 heavy (non-hydrogen) atoms. The molecule has 0 saturated carbocycles. The largest absolute Gasteiger partial charge is 0.340 e. The highest BCUT2D eigenvalue weighted by Crippen LogP contribution is 2.03. The van der Waals surface area contributed by atoms with E-state index in [0.717, 1.165) is 24.9 Å². The molecule has 0 atom stereocenters. The van der Waals surface area contributed by atoms with Crippen molar-refractivity contribution in [3.8, 4) is 0 Å². The molecule has 1 aromatic heterocycles. The third kappa shape index (κ3) is 3.31. The Hall–Kier alpha value is -1.42. The zero-order valence-electron chi connectivity index (χ0n) is 9.94. The Labute approximate surface area is 96.5 Å². The number of amides is 1. The lowest BCUT2D eigenvalue weighted by Crippen LogP contribution is -2.28. The molecule has 1 aromatic rings. The molecule has 0 aliphatic heterocycles. The van der Waals surface area contributed by atoms with Gasteiger partial charge in [-0.25, -0.2) is 0 Å². The van der Waals surface area contributed by atoms with Crippen molar-refractivity contribution in [2.75, 3.05) is 13.6 Å². The lowest BCUT2D eigenvalue weighted by Gasteiger charge is -2.16. The van der Waals surface area contributed by atoms with Crippen LogP contribution in [0.5, 0.6) is 0 Å². The fourth-order valence-corrected chi connectivity index (χ4v) is 1.36. The Kier molecular flexibility index (Phi) is 4.92. The van der Waals surface area contributed by atoms with Crippen LogP contribution in [0.1, 0.15) is 35.8 Å².